The van der Waals surface area contributed by atoms with Crippen LogP contribution in [0.15, 0.2) is 54.6 Å². The molecule has 152 valence electrons. The van der Waals surface area contributed by atoms with Crippen molar-refractivity contribution in [1.29, 1.82) is 0 Å². The van der Waals surface area contributed by atoms with Crippen LogP contribution in [0.5, 0.6) is 0 Å². The van der Waals surface area contributed by atoms with E-state index in [0.717, 1.165) is 23.2 Å². The van der Waals surface area contributed by atoms with E-state index in [0.29, 0.717) is 6.54 Å². The van der Waals surface area contributed by atoms with E-state index in [1.165, 1.54) is 0 Å². The van der Waals surface area contributed by atoms with Gasteiger partial charge in [-0.2, -0.15) is 0 Å². The van der Waals surface area contributed by atoms with Crippen LogP contribution in [0.25, 0.3) is 0 Å². The van der Waals surface area contributed by atoms with Crippen LogP contribution in [-0.4, -0.2) is 37.6 Å². The maximum absolute atomic E-state index is 12.5. The molecule has 7 nitrogen and oxygen atoms in total. The van der Waals surface area contributed by atoms with Crippen LogP contribution in [0.2, 0.25) is 0 Å². The summed E-state index contributed by atoms with van der Waals surface area (Å²) >= 11 is 0. The Balaban J connectivity index is 1.57. The number of hydrogen-bond donors (Lipinski definition) is 2. The molecule has 0 bridgehead atoms. The summed E-state index contributed by atoms with van der Waals surface area (Å²) in [5.41, 5.74) is 2.81. The first-order valence-corrected chi connectivity index (χ1v) is 9.71. The van der Waals surface area contributed by atoms with Gasteiger partial charge in [0.2, 0.25) is 5.91 Å². The van der Waals surface area contributed by atoms with E-state index >= 15 is 0 Å². The summed E-state index contributed by atoms with van der Waals surface area (Å²) in [6, 6.07) is 15.9. The molecule has 1 aliphatic heterocycles. The highest BCUT2D eigenvalue weighted by Gasteiger charge is 2.25. The minimum atomic E-state index is -0.544. The van der Waals surface area contributed by atoms with Crippen molar-refractivity contribution in [2.45, 2.75) is 25.8 Å². The Labute approximate surface area is 170 Å². The largest absolute Gasteiger partial charge is 0.466 e. The lowest BCUT2D eigenvalue weighted by molar-refractivity contribution is -0.143. The molecule has 2 N–H and O–H groups in total. The van der Waals surface area contributed by atoms with E-state index in [4.69, 9.17) is 4.74 Å². The first-order valence-electron chi connectivity index (χ1n) is 9.71. The van der Waals surface area contributed by atoms with E-state index in [1.54, 1.807) is 11.8 Å². The third-order valence-corrected chi connectivity index (χ3v) is 4.77. The number of rotatable bonds is 7. The molecule has 29 heavy (non-hydrogen) atoms. The number of benzene rings is 2. The van der Waals surface area contributed by atoms with Crippen LogP contribution in [0.3, 0.4) is 0 Å². The topological polar surface area (TPSA) is 87.7 Å². The molecule has 1 atom stereocenters. The van der Waals surface area contributed by atoms with Gasteiger partial charge in [0.25, 0.3) is 0 Å². The summed E-state index contributed by atoms with van der Waals surface area (Å²) in [4.78, 5) is 38.5. The van der Waals surface area contributed by atoms with Gasteiger partial charge >= 0.3 is 12.0 Å². The number of amides is 3. The molecule has 0 radical (unpaired) electrons. The smallest absolute Gasteiger partial charge is 0.315 e. The van der Waals surface area contributed by atoms with Crippen LogP contribution in [-0.2, 0) is 20.7 Å². The standard InChI is InChI=1S/C22H25N3O4/c1-2-29-21(27)14-18(16-8-4-3-5-9-16)24-22(28)23-15-20(26)25-13-12-17-10-6-7-11-19(17)25/h3-11,18H,2,12-15H2,1H3,(H2,23,24,28)/t18-/m1/s1. The molecule has 2 aromatic rings. The molecule has 0 unspecified atom stereocenters. The van der Waals surface area contributed by atoms with Crippen LogP contribution >= 0.6 is 0 Å². The molecule has 3 amide bonds. The highest BCUT2D eigenvalue weighted by atomic mass is 16.5. The Bertz CT molecular complexity index is 869. The van der Waals surface area contributed by atoms with Crippen molar-refractivity contribution in [1.82, 2.24) is 10.6 Å². The highest BCUT2D eigenvalue weighted by Crippen LogP contribution is 2.27. The third kappa shape index (κ3) is 5.34. The molecule has 0 aromatic heterocycles. The predicted molar refractivity (Wildman–Crippen MR) is 109 cm³/mol. The Kier molecular flexibility index (Phi) is 6.84. The van der Waals surface area contributed by atoms with Gasteiger partial charge in [-0.15, -0.1) is 0 Å². The number of carbonyl (C=O) groups excluding carboxylic acids is 3. The fraction of sp³-hybridized carbons (Fsp3) is 0.318. The summed E-state index contributed by atoms with van der Waals surface area (Å²) in [7, 11) is 0. The zero-order chi connectivity index (χ0) is 20.6. The van der Waals surface area contributed by atoms with Gasteiger partial charge < -0.3 is 20.3 Å². The summed E-state index contributed by atoms with van der Waals surface area (Å²) in [6.45, 7) is 2.49. The van der Waals surface area contributed by atoms with Gasteiger partial charge in [-0.3, -0.25) is 9.59 Å². The summed E-state index contributed by atoms with van der Waals surface area (Å²) < 4.78 is 5.00. The van der Waals surface area contributed by atoms with Gasteiger partial charge in [-0.1, -0.05) is 48.5 Å². The van der Waals surface area contributed by atoms with Gasteiger partial charge in [0, 0.05) is 12.2 Å². The van der Waals surface area contributed by atoms with E-state index in [1.807, 2.05) is 54.6 Å². The molecule has 0 aliphatic carbocycles. The average Bonchev–Trinajstić information content (AvgIpc) is 3.17. The zero-order valence-electron chi connectivity index (χ0n) is 16.4. The van der Waals surface area contributed by atoms with E-state index < -0.39 is 18.0 Å². The Morgan fingerprint density at radius 3 is 2.55 bits per heavy atom. The van der Waals surface area contributed by atoms with E-state index in [-0.39, 0.29) is 25.5 Å². The quantitative estimate of drug-likeness (QED) is 0.706. The lowest BCUT2D eigenvalue weighted by Crippen LogP contribution is -2.44. The number of carbonyl (C=O) groups is 3. The number of anilines is 1. The normalized spacial score (nSPS) is 13.3. The van der Waals surface area contributed by atoms with Crippen LogP contribution in [0, 0.1) is 0 Å². The number of nitrogens with one attached hydrogen (secondary N) is 2. The van der Waals surface area contributed by atoms with Gasteiger partial charge in [0.1, 0.15) is 0 Å². The number of esters is 1. The van der Waals surface area contributed by atoms with Crippen molar-refractivity contribution < 1.29 is 19.1 Å². The molecule has 0 saturated heterocycles. The van der Waals surface area contributed by atoms with Crippen molar-refractivity contribution in [2.75, 3.05) is 24.6 Å². The van der Waals surface area contributed by atoms with Gasteiger partial charge in [-0.05, 0) is 30.5 Å². The summed E-state index contributed by atoms with van der Waals surface area (Å²) in [5, 5.41) is 5.37. The Morgan fingerprint density at radius 1 is 1.07 bits per heavy atom. The minimum Gasteiger partial charge on any atom is -0.466 e. The number of fused-ring (bicyclic) bond motifs is 1. The predicted octanol–water partition coefficient (Wildman–Crippen LogP) is 2.57. The second-order valence-corrected chi connectivity index (χ2v) is 6.72. The van der Waals surface area contributed by atoms with Crippen LogP contribution < -0.4 is 15.5 Å². The molecular formula is C22H25N3O4. The molecule has 1 heterocycles. The SMILES string of the molecule is CCOC(=O)C[C@@H](NC(=O)NCC(=O)N1CCc2ccccc21)c1ccccc1. The monoisotopic (exact) mass is 395 g/mol. The lowest BCUT2D eigenvalue weighted by atomic mass is 10.0. The van der Waals surface area contributed by atoms with E-state index in [2.05, 4.69) is 10.6 Å². The van der Waals surface area contributed by atoms with Crippen molar-refractivity contribution in [2.24, 2.45) is 0 Å². The van der Waals surface area contributed by atoms with Crippen molar-refractivity contribution >= 4 is 23.6 Å². The molecule has 2 aromatic carbocycles. The fourth-order valence-electron chi connectivity index (χ4n) is 3.38. The van der Waals surface area contributed by atoms with Gasteiger partial charge in [0.05, 0.1) is 25.6 Å². The number of urea groups is 1. The maximum atomic E-state index is 12.5. The highest BCUT2D eigenvalue weighted by molar-refractivity contribution is 5.98. The molecule has 0 fully saturated rings. The number of hydrogen-bond acceptors (Lipinski definition) is 4. The fourth-order valence-corrected chi connectivity index (χ4v) is 3.38. The Morgan fingerprint density at radius 2 is 1.79 bits per heavy atom. The molecule has 0 spiro atoms. The van der Waals surface area contributed by atoms with Crippen LogP contribution in [0.4, 0.5) is 10.5 Å². The first-order chi connectivity index (χ1) is 14.1. The number of nitrogens with zero attached hydrogens (tertiary/aromatic N) is 1. The number of ether oxygens (including phenoxy) is 1. The molecule has 1 aliphatic rings. The van der Waals surface area contributed by atoms with Gasteiger partial charge in [-0.25, -0.2) is 4.79 Å². The average molecular weight is 395 g/mol. The molecule has 3 rings (SSSR count). The zero-order valence-corrected chi connectivity index (χ0v) is 16.4. The Hall–Kier alpha value is -3.35. The summed E-state index contributed by atoms with van der Waals surface area (Å²) in [6.07, 6.45) is 0.822. The third-order valence-electron chi connectivity index (χ3n) is 4.77. The van der Waals surface area contributed by atoms with Gasteiger partial charge in [0.15, 0.2) is 0 Å². The summed E-state index contributed by atoms with van der Waals surface area (Å²) in [5.74, 6) is -0.571. The van der Waals surface area contributed by atoms with Crippen molar-refractivity contribution in [3.05, 3.63) is 65.7 Å². The molecular weight excluding hydrogens is 370 g/mol. The minimum absolute atomic E-state index is 0.0126. The first kappa shape index (κ1) is 20.4. The lowest BCUT2D eigenvalue weighted by Gasteiger charge is -2.20. The second-order valence-electron chi connectivity index (χ2n) is 6.72. The van der Waals surface area contributed by atoms with E-state index in [9.17, 15) is 14.4 Å². The number of para-hydroxylation sites is 1. The molecule has 0 saturated carbocycles. The molecule has 7 heteroatoms. The van der Waals surface area contributed by atoms with Crippen LogP contribution in [0.1, 0.15) is 30.5 Å². The maximum Gasteiger partial charge on any atom is 0.315 e. The van der Waals surface area contributed by atoms with Crippen molar-refractivity contribution in [3.8, 4) is 0 Å². The second kappa shape index (κ2) is 9.73. The van der Waals surface area contributed by atoms with Crippen molar-refractivity contribution in [3.63, 3.8) is 0 Å².